The van der Waals surface area contributed by atoms with Crippen LogP contribution in [-0.2, 0) is 6.18 Å². The smallest absolute Gasteiger partial charge is 0.346 e. The van der Waals surface area contributed by atoms with E-state index in [-0.39, 0.29) is 34.5 Å². The Kier molecular flexibility index (Phi) is 5.07. The van der Waals surface area contributed by atoms with Crippen LogP contribution in [0.15, 0.2) is 11.4 Å². The van der Waals surface area contributed by atoms with E-state index in [0.29, 0.717) is 6.04 Å². The number of thiazole rings is 1. The molecule has 2 aromatic rings. The van der Waals surface area contributed by atoms with Crippen molar-refractivity contribution in [1.29, 1.82) is 0 Å². The second-order valence-electron chi connectivity index (χ2n) is 6.68. The Bertz CT molecular complexity index is 798. The van der Waals surface area contributed by atoms with Crippen molar-refractivity contribution in [3.8, 4) is 5.13 Å². The van der Waals surface area contributed by atoms with Gasteiger partial charge in [-0.25, -0.2) is 9.67 Å². The SMILES string of the molecule is Cc1cc(C(F)(F)F)n(-c2nc(C(=O)N[C@@H]3CC[C@@H]3NC(C)C)cs2)n1. The molecular weight excluding hydrogens is 367 g/mol. The number of amides is 1. The van der Waals surface area contributed by atoms with Gasteiger partial charge in [0, 0.05) is 23.5 Å². The van der Waals surface area contributed by atoms with E-state index in [2.05, 4.69) is 20.7 Å². The molecule has 0 unspecified atom stereocenters. The average molecular weight is 387 g/mol. The van der Waals surface area contributed by atoms with Crippen LogP contribution in [0.25, 0.3) is 5.13 Å². The minimum Gasteiger partial charge on any atom is -0.346 e. The van der Waals surface area contributed by atoms with E-state index >= 15 is 0 Å². The summed E-state index contributed by atoms with van der Waals surface area (Å²) >= 11 is 0.952. The second-order valence-corrected chi connectivity index (χ2v) is 7.52. The van der Waals surface area contributed by atoms with E-state index in [1.165, 1.54) is 12.3 Å². The summed E-state index contributed by atoms with van der Waals surface area (Å²) in [6.07, 6.45) is -2.70. The zero-order valence-corrected chi connectivity index (χ0v) is 15.4. The normalized spacial score (nSPS) is 20.3. The minimum absolute atomic E-state index is 0.00716. The van der Waals surface area contributed by atoms with Gasteiger partial charge in [0.2, 0.25) is 5.13 Å². The van der Waals surface area contributed by atoms with Gasteiger partial charge in [0.25, 0.3) is 5.91 Å². The average Bonchev–Trinajstić information content (AvgIpc) is 3.14. The maximum absolute atomic E-state index is 13.1. The first-order chi connectivity index (χ1) is 12.1. The lowest BCUT2D eigenvalue weighted by molar-refractivity contribution is -0.142. The van der Waals surface area contributed by atoms with Gasteiger partial charge in [-0.1, -0.05) is 13.8 Å². The zero-order chi connectivity index (χ0) is 19.1. The van der Waals surface area contributed by atoms with Gasteiger partial charge >= 0.3 is 6.18 Å². The lowest BCUT2D eigenvalue weighted by Gasteiger charge is -2.38. The second kappa shape index (κ2) is 6.99. The number of carbonyl (C=O) groups is 1. The summed E-state index contributed by atoms with van der Waals surface area (Å²) in [5, 5.41) is 11.6. The molecule has 2 N–H and O–H groups in total. The molecule has 1 amide bonds. The Balaban J connectivity index is 1.73. The standard InChI is InChI=1S/C16H20F3N5OS/c1-8(2)20-10-4-5-11(10)21-14(25)12-7-26-15(22-12)24-13(16(17,18)19)6-9(3)23-24/h6-8,10-11,20H,4-5H2,1-3H3,(H,21,25)/t10-,11+/m0/s1. The minimum atomic E-state index is -4.54. The van der Waals surface area contributed by atoms with Crippen molar-refractivity contribution in [3.63, 3.8) is 0 Å². The molecule has 142 valence electrons. The molecule has 2 heterocycles. The molecule has 6 nitrogen and oxygen atoms in total. The topological polar surface area (TPSA) is 71.8 Å². The molecule has 1 aliphatic rings. The molecule has 0 radical (unpaired) electrons. The summed E-state index contributed by atoms with van der Waals surface area (Å²) in [6.45, 7) is 5.55. The van der Waals surface area contributed by atoms with E-state index in [4.69, 9.17) is 0 Å². The van der Waals surface area contributed by atoms with Crippen LogP contribution in [-0.4, -0.2) is 38.8 Å². The van der Waals surface area contributed by atoms with Gasteiger partial charge < -0.3 is 10.6 Å². The zero-order valence-electron chi connectivity index (χ0n) is 14.6. The van der Waals surface area contributed by atoms with Gasteiger partial charge in [0.15, 0.2) is 5.69 Å². The third kappa shape index (κ3) is 3.90. The summed E-state index contributed by atoms with van der Waals surface area (Å²) < 4.78 is 40.1. The van der Waals surface area contributed by atoms with Gasteiger partial charge in [-0.3, -0.25) is 4.79 Å². The molecule has 1 saturated carbocycles. The molecule has 0 aliphatic heterocycles. The lowest BCUT2D eigenvalue weighted by Crippen LogP contribution is -2.58. The van der Waals surface area contributed by atoms with Crippen molar-refractivity contribution in [2.45, 2.75) is 57.9 Å². The van der Waals surface area contributed by atoms with Gasteiger partial charge in [-0.2, -0.15) is 18.3 Å². The molecule has 26 heavy (non-hydrogen) atoms. The Morgan fingerprint density at radius 1 is 1.35 bits per heavy atom. The van der Waals surface area contributed by atoms with E-state index in [9.17, 15) is 18.0 Å². The molecule has 2 aromatic heterocycles. The number of alkyl halides is 3. The Hall–Kier alpha value is -1.94. The van der Waals surface area contributed by atoms with Crippen LogP contribution < -0.4 is 10.6 Å². The molecule has 0 spiro atoms. The van der Waals surface area contributed by atoms with Crippen molar-refractivity contribution in [2.75, 3.05) is 0 Å². The number of halogens is 3. The molecule has 0 bridgehead atoms. The number of aromatic nitrogens is 3. The van der Waals surface area contributed by atoms with E-state index in [0.717, 1.165) is 34.9 Å². The van der Waals surface area contributed by atoms with Crippen molar-refractivity contribution in [1.82, 2.24) is 25.4 Å². The highest BCUT2D eigenvalue weighted by Crippen LogP contribution is 2.32. The molecular formula is C16H20F3N5OS. The predicted molar refractivity (Wildman–Crippen MR) is 91.5 cm³/mol. The number of carbonyl (C=O) groups excluding carboxylic acids is 1. The van der Waals surface area contributed by atoms with Gasteiger partial charge in [0.05, 0.1) is 5.69 Å². The first kappa shape index (κ1) is 18.8. The molecule has 0 aromatic carbocycles. The summed E-state index contributed by atoms with van der Waals surface area (Å²) in [5.74, 6) is -0.384. The van der Waals surface area contributed by atoms with Crippen molar-refractivity contribution < 1.29 is 18.0 Å². The van der Waals surface area contributed by atoms with E-state index < -0.39 is 11.9 Å². The quantitative estimate of drug-likeness (QED) is 0.828. The maximum atomic E-state index is 13.1. The van der Waals surface area contributed by atoms with Crippen LogP contribution in [0.2, 0.25) is 0 Å². The van der Waals surface area contributed by atoms with Crippen molar-refractivity contribution >= 4 is 17.2 Å². The van der Waals surface area contributed by atoms with Crippen molar-refractivity contribution in [2.24, 2.45) is 0 Å². The fraction of sp³-hybridized carbons (Fsp3) is 0.562. The van der Waals surface area contributed by atoms with Crippen LogP contribution in [0.1, 0.15) is 48.6 Å². The highest BCUT2D eigenvalue weighted by atomic mass is 32.1. The largest absolute Gasteiger partial charge is 0.433 e. The van der Waals surface area contributed by atoms with E-state index in [1.54, 1.807) is 0 Å². The number of rotatable bonds is 5. The fourth-order valence-electron chi connectivity index (χ4n) is 2.86. The third-order valence-corrected chi connectivity index (χ3v) is 4.98. The van der Waals surface area contributed by atoms with Crippen LogP contribution in [0.5, 0.6) is 0 Å². The molecule has 0 saturated heterocycles. The maximum Gasteiger partial charge on any atom is 0.433 e. The van der Waals surface area contributed by atoms with Gasteiger partial charge in [0.1, 0.15) is 5.69 Å². The monoisotopic (exact) mass is 387 g/mol. The number of aryl methyl sites for hydroxylation is 1. The molecule has 10 heteroatoms. The predicted octanol–water partition coefficient (Wildman–Crippen LogP) is 2.91. The highest BCUT2D eigenvalue weighted by Gasteiger charge is 2.37. The fourth-order valence-corrected chi connectivity index (χ4v) is 3.62. The van der Waals surface area contributed by atoms with Crippen LogP contribution >= 0.6 is 11.3 Å². The summed E-state index contributed by atoms with van der Waals surface area (Å²) in [7, 11) is 0. The number of nitrogens with zero attached hydrogens (tertiary/aromatic N) is 3. The first-order valence-corrected chi connectivity index (χ1v) is 9.20. The molecule has 3 rings (SSSR count). The van der Waals surface area contributed by atoms with Crippen LogP contribution in [0.3, 0.4) is 0 Å². The number of nitrogens with one attached hydrogen (secondary N) is 2. The third-order valence-electron chi connectivity index (χ3n) is 4.17. The van der Waals surface area contributed by atoms with Gasteiger partial charge in [-0.15, -0.1) is 11.3 Å². The first-order valence-electron chi connectivity index (χ1n) is 8.32. The summed E-state index contributed by atoms with van der Waals surface area (Å²) in [4.78, 5) is 16.4. The molecule has 2 atom stereocenters. The van der Waals surface area contributed by atoms with Crippen molar-refractivity contribution in [3.05, 3.63) is 28.5 Å². The summed E-state index contributed by atoms with van der Waals surface area (Å²) in [5.41, 5.74) is -0.575. The summed E-state index contributed by atoms with van der Waals surface area (Å²) in [6, 6.07) is 1.49. The Labute approximate surface area is 152 Å². The number of hydrogen-bond acceptors (Lipinski definition) is 5. The lowest BCUT2D eigenvalue weighted by atomic mass is 9.85. The van der Waals surface area contributed by atoms with Crippen LogP contribution in [0, 0.1) is 6.92 Å². The van der Waals surface area contributed by atoms with Gasteiger partial charge in [-0.05, 0) is 25.8 Å². The molecule has 1 aliphatic carbocycles. The molecule has 1 fully saturated rings. The Morgan fingerprint density at radius 2 is 2.04 bits per heavy atom. The number of hydrogen-bond donors (Lipinski definition) is 2. The van der Waals surface area contributed by atoms with Crippen LogP contribution in [0.4, 0.5) is 13.2 Å². The Morgan fingerprint density at radius 3 is 2.62 bits per heavy atom. The van der Waals surface area contributed by atoms with E-state index in [1.807, 2.05) is 13.8 Å². The highest BCUT2D eigenvalue weighted by molar-refractivity contribution is 7.12.